The molecule has 2 rings (SSSR count). The van der Waals surface area contributed by atoms with Gasteiger partial charge in [-0.1, -0.05) is 24.3 Å². The second kappa shape index (κ2) is 7.64. The lowest BCUT2D eigenvalue weighted by Crippen LogP contribution is -2.23. The van der Waals surface area contributed by atoms with Gasteiger partial charge in [0.2, 0.25) is 5.91 Å². The van der Waals surface area contributed by atoms with E-state index in [1.165, 1.54) is 7.11 Å². The normalized spacial score (nSPS) is 10.2. The summed E-state index contributed by atoms with van der Waals surface area (Å²) in [5.74, 6) is -0.548. The molecule has 24 heavy (non-hydrogen) atoms. The van der Waals surface area contributed by atoms with Crippen LogP contribution in [0.5, 0.6) is 0 Å². The van der Waals surface area contributed by atoms with E-state index in [9.17, 15) is 9.59 Å². The topological polar surface area (TPSA) is 67.4 Å². The van der Waals surface area contributed by atoms with Gasteiger partial charge in [-0.25, -0.2) is 4.79 Å². The van der Waals surface area contributed by atoms with Gasteiger partial charge in [-0.15, -0.1) is 0 Å². The van der Waals surface area contributed by atoms with E-state index in [0.717, 1.165) is 28.1 Å². The van der Waals surface area contributed by atoms with Crippen LogP contribution in [0.15, 0.2) is 36.4 Å². The van der Waals surface area contributed by atoms with Gasteiger partial charge in [0, 0.05) is 11.4 Å². The summed E-state index contributed by atoms with van der Waals surface area (Å²) in [4.78, 5) is 23.8. The Morgan fingerprint density at radius 3 is 2.29 bits per heavy atom. The van der Waals surface area contributed by atoms with Crippen molar-refractivity contribution in [2.24, 2.45) is 0 Å². The summed E-state index contributed by atoms with van der Waals surface area (Å²) in [6, 6.07) is 11.1. The number of para-hydroxylation sites is 1. The Morgan fingerprint density at radius 1 is 1.00 bits per heavy atom. The van der Waals surface area contributed by atoms with Gasteiger partial charge in [0.05, 0.1) is 19.2 Å². The number of nitrogens with one attached hydrogen (secondary N) is 2. The number of carbonyl (C=O) groups is 2. The van der Waals surface area contributed by atoms with E-state index in [1.807, 2.05) is 45.0 Å². The number of hydrogen-bond donors (Lipinski definition) is 2. The zero-order valence-corrected chi connectivity index (χ0v) is 14.4. The lowest BCUT2D eigenvalue weighted by molar-refractivity contribution is -0.114. The molecule has 0 spiro atoms. The van der Waals surface area contributed by atoms with Crippen molar-refractivity contribution in [3.63, 3.8) is 0 Å². The number of rotatable bonds is 5. The van der Waals surface area contributed by atoms with Crippen molar-refractivity contribution >= 4 is 23.3 Å². The third-order valence-corrected chi connectivity index (χ3v) is 3.84. The first-order valence-electron chi connectivity index (χ1n) is 7.71. The smallest absolute Gasteiger partial charge is 0.337 e. The Labute approximate surface area is 142 Å². The average molecular weight is 326 g/mol. The highest BCUT2D eigenvalue weighted by Crippen LogP contribution is 2.20. The predicted molar refractivity (Wildman–Crippen MR) is 95.6 cm³/mol. The molecule has 2 N–H and O–H groups in total. The third kappa shape index (κ3) is 4.13. The van der Waals surface area contributed by atoms with Gasteiger partial charge < -0.3 is 15.4 Å². The van der Waals surface area contributed by atoms with E-state index in [0.29, 0.717) is 5.56 Å². The third-order valence-electron chi connectivity index (χ3n) is 3.84. The lowest BCUT2D eigenvalue weighted by Gasteiger charge is -2.14. The molecule has 0 fully saturated rings. The number of anilines is 2. The molecule has 2 aromatic carbocycles. The first kappa shape index (κ1) is 17.5. The first-order valence-corrected chi connectivity index (χ1v) is 7.71. The van der Waals surface area contributed by atoms with Crippen LogP contribution in [0.25, 0.3) is 0 Å². The highest BCUT2D eigenvalue weighted by molar-refractivity contribution is 5.95. The van der Waals surface area contributed by atoms with Crippen molar-refractivity contribution < 1.29 is 14.3 Å². The summed E-state index contributed by atoms with van der Waals surface area (Å²) in [5.41, 5.74) is 5.00. The molecule has 0 saturated carbocycles. The molecule has 0 unspecified atom stereocenters. The zero-order chi connectivity index (χ0) is 17.7. The molecular formula is C19H22N2O3. The fourth-order valence-corrected chi connectivity index (χ4v) is 2.43. The zero-order valence-electron chi connectivity index (χ0n) is 14.4. The molecule has 0 atom stereocenters. The molecular weight excluding hydrogens is 304 g/mol. The van der Waals surface area contributed by atoms with Crippen LogP contribution in [0.2, 0.25) is 0 Å². The molecule has 1 amide bonds. The van der Waals surface area contributed by atoms with Crippen molar-refractivity contribution in [2.45, 2.75) is 20.8 Å². The number of ether oxygens (including phenoxy) is 1. The SMILES string of the molecule is COC(=O)c1ccc(C)c(NCC(=O)Nc2c(C)cccc2C)c1. The summed E-state index contributed by atoms with van der Waals surface area (Å²) in [6.45, 7) is 5.94. The molecule has 0 aliphatic carbocycles. The Balaban J connectivity index is 2.05. The number of aryl methyl sites for hydroxylation is 3. The van der Waals surface area contributed by atoms with Gasteiger partial charge in [-0.05, 0) is 49.6 Å². The van der Waals surface area contributed by atoms with Gasteiger partial charge in [0.15, 0.2) is 0 Å². The molecule has 0 aliphatic rings. The van der Waals surface area contributed by atoms with Gasteiger partial charge in [0.1, 0.15) is 0 Å². The lowest BCUT2D eigenvalue weighted by atomic mass is 10.1. The van der Waals surface area contributed by atoms with Crippen molar-refractivity contribution in [1.29, 1.82) is 0 Å². The van der Waals surface area contributed by atoms with Crippen LogP contribution in [0.1, 0.15) is 27.0 Å². The Kier molecular flexibility index (Phi) is 5.58. The van der Waals surface area contributed by atoms with Crippen molar-refractivity contribution in [1.82, 2.24) is 0 Å². The van der Waals surface area contributed by atoms with Crippen LogP contribution in [-0.4, -0.2) is 25.5 Å². The van der Waals surface area contributed by atoms with Crippen LogP contribution in [0, 0.1) is 20.8 Å². The minimum atomic E-state index is -0.405. The van der Waals surface area contributed by atoms with Crippen LogP contribution >= 0.6 is 0 Å². The molecule has 0 heterocycles. The minimum absolute atomic E-state index is 0.110. The fraction of sp³-hybridized carbons (Fsp3) is 0.263. The van der Waals surface area contributed by atoms with Crippen LogP contribution in [0.4, 0.5) is 11.4 Å². The van der Waals surface area contributed by atoms with Crippen molar-refractivity contribution in [2.75, 3.05) is 24.3 Å². The number of hydrogen-bond acceptors (Lipinski definition) is 4. The van der Waals surface area contributed by atoms with Gasteiger partial charge in [-0.3, -0.25) is 4.79 Å². The molecule has 2 aromatic rings. The van der Waals surface area contributed by atoms with E-state index < -0.39 is 5.97 Å². The molecule has 5 nitrogen and oxygen atoms in total. The quantitative estimate of drug-likeness (QED) is 0.826. The monoisotopic (exact) mass is 326 g/mol. The number of benzene rings is 2. The maximum atomic E-state index is 12.2. The van der Waals surface area contributed by atoms with E-state index in [1.54, 1.807) is 12.1 Å². The average Bonchev–Trinajstić information content (AvgIpc) is 2.57. The summed E-state index contributed by atoms with van der Waals surface area (Å²) >= 11 is 0. The van der Waals surface area contributed by atoms with Crippen molar-refractivity contribution in [3.8, 4) is 0 Å². The van der Waals surface area contributed by atoms with E-state index in [4.69, 9.17) is 4.74 Å². The van der Waals surface area contributed by atoms with E-state index >= 15 is 0 Å². The molecule has 0 bridgehead atoms. The Bertz CT molecular complexity index is 749. The summed E-state index contributed by atoms with van der Waals surface area (Å²) in [5, 5.41) is 6.00. The minimum Gasteiger partial charge on any atom is -0.465 e. The van der Waals surface area contributed by atoms with Crippen LogP contribution in [0.3, 0.4) is 0 Å². The number of amides is 1. The second-order valence-electron chi connectivity index (χ2n) is 5.69. The highest BCUT2D eigenvalue weighted by atomic mass is 16.5. The maximum Gasteiger partial charge on any atom is 0.337 e. The molecule has 0 radical (unpaired) electrons. The van der Waals surface area contributed by atoms with Crippen molar-refractivity contribution in [3.05, 3.63) is 58.7 Å². The maximum absolute atomic E-state index is 12.2. The molecule has 5 heteroatoms. The van der Waals surface area contributed by atoms with Gasteiger partial charge in [0.25, 0.3) is 0 Å². The Hall–Kier alpha value is -2.82. The number of esters is 1. The highest BCUT2D eigenvalue weighted by Gasteiger charge is 2.10. The van der Waals surface area contributed by atoms with Gasteiger partial charge in [-0.2, -0.15) is 0 Å². The molecule has 0 aliphatic heterocycles. The van der Waals surface area contributed by atoms with Gasteiger partial charge >= 0.3 is 5.97 Å². The van der Waals surface area contributed by atoms with E-state index in [2.05, 4.69) is 10.6 Å². The fourth-order valence-electron chi connectivity index (χ4n) is 2.43. The molecule has 0 saturated heterocycles. The second-order valence-corrected chi connectivity index (χ2v) is 5.69. The number of carbonyl (C=O) groups excluding carboxylic acids is 2. The summed E-state index contributed by atoms with van der Waals surface area (Å²) in [7, 11) is 1.34. The molecule has 126 valence electrons. The molecule has 0 aromatic heterocycles. The van der Waals surface area contributed by atoms with E-state index in [-0.39, 0.29) is 12.5 Å². The largest absolute Gasteiger partial charge is 0.465 e. The number of methoxy groups -OCH3 is 1. The summed E-state index contributed by atoms with van der Waals surface area (Å²) in [6.07, 6.45) is 0. The summed E-state index contributed by atoms with van der Waals surface area (Å²) < 4.78 is 4.72. The Morgan fingerprint density at radius 2 is 1.67 bits per heavy atom. The standard InChI is InChI=1S/C19H22N2O3/c1-12-8-9-15(19(23)24-4)10-16(12)20-11-17(22)21-18-13(2)6-5-7-14(18)3/h5-10,20H,11H2,1-4H3,(H,21,22). The first-order chi connectivity index (χ1) is 11.4. The predicted octanol–water partition coefficient (Wildman–Crippen LogP) is 3.45. The van der Waals surface area contributed by atoms with Crippen LogP contribution in [-0.2, 0) is 9.53 Å². The van der Waals surface area contributed by atoms with Crippen LogP contribution < -0.4 is 10.6 Å².